The molecule has 31 heavy (non-hydrogen) atoms. The average molecular weight is 419 g/mol. The van der Waals surface area contributed by atoms with Crippen molar-refractivity contribution in [1.82, 2.24) is 29.7 Å². The Kier molecular flexibility index (Phi) is 5.46. The van der Waals surface area contributed by atoms with E-state index in [4.69, 9.17) is 0 Å². The zero-order valence-electron chi connectivity index (χ0n) is 18.1. The summed E-state index contributed by atoms with van der Waals surface area (Å²) in [6.07, 6.45) is 4.34. The summed E-state index contributed by atoms with van der Waals surface area (Å²) in [7, 11) is 0. The predicted octanol–water partition coefficient (Wildman–Crippen LogP) is 3.19. The largest absolute Gasteiger partial charge is 0.350 e. The van der Waals surface area contributed by atoms with Crippen LogP contribution in [0.5, 0.6) is 0 Å². The van der Waals surface area contributed by atoms with E-state index < -0.39 is 0 Å². The van der Waals surface area contributed by atoms with Crippen LogP contribution in [0.25, 0.3) is 16.9 Å². The van der Waals surface area contributed by atoms with Crippen LogP contribution in [-0.2, 0) is 0 Å². The number of H-pyrrole nitrogens is 1. The maximum absolute atomic E-state index is 12.7. The van der Waals surface area contributed by atoms with Crippen molar-refractivity contribution in [2.75, 3.05) is 6.54 Å². The van der Waals surface area contributed by atoms with Crippen LogP contribution in [0.15, 0.2) is 47.5 Å². The molecule has 3 heterocycles. The van der Waals surface area contributed by atoms with E-state index in [2.05, 4.69) is 27.4 Å². The van der Waals surface area contributed by atoms with Gasteiger partial charge in [-0.05, 0) is 56.5 Å². The van der Waals surface area contributed by atoms with Crippen molar-refractivity contribution in [3.8, 4) is 11.4 Å². The molecule has 0 spiro atoms. The number of benzene rings is 1. The summed E-state index contributed by atoms with van der Waals surface area (Å²) in [5.41, 5.74) is 4.47. The molecule has 0 aliphatic heterocycles. The highest BCUT2D eigenvalue weighted by Crippen LogP contribution is 2.18. The molecular weight excluding hydrogens is 392 g/mol. The van der Waals surface area contributed by atoms with E-state index in [0.29, 0.717) is 23.4 Å². The molecule has 8 heteroatoms. The number of carbonyl (C=O) groups excluding carboxylic acids is 1. The molecular formula is C23H26N6O2. The van der Waals surface area contributed by atoms with E-state index in [-0.39, 0.29) is 17.5 Å². The van der Waals surface area contributed by atoms with Crippen LogP contribution in [0.3, 0.4) is 0 Å². The van der Waals surface area contributed by atoms with Crippen molar-refractivity contribution < 1.29 is 4.79 Å². The molecule has 8 nitrogen and oxygen atoms in total. The lowest BCUT2D eigenvalue weighted by Gasteiger charge is -2.16. The molecule has 0 aliphatic carbocycles. The fourth-order valence-electron chi connectivity index (χ4n) is 3.53. The maximum atomic E-state index is 12.7. The lowest BCUT2D eigenvalue weighted by atomic mass is 10.1. The van der Waals surface area contributed by atoms with E-state index >= 15 is 0 Å². The molecule has 0 radical (unpaired) electrons. The number of fused-ring (bicyclic) bond motifs is 1. The van der Waals surface area contributed by atoms with Gasteiger partial charge in [0.25, 0.3) is 11.5 Å². The summed E-state index contributed by atoms with van der Waals surface area (Å²) >= 11 is 0. The van der Waals surface area contributed by atoms with Crippen LogP contribution >= 0.6 is 0 Å². The Balaban J connectivity index is 1.57. The fraction of sp³-hybridized carbons (Fsp3) is 0.304. The number of carbonyl (C=O) groups is 1. The Morgan fingerprint density at radius 3 is 2.61 bits per heavy atom. The first kappa shape index (κ1) is 20.6. The summed E-state index contributed by atoms with van der Waals surface area (Å²) in [4.78, 5) is 28.1. The van der Waals surface area contributed by atoms with E-state index in [1.165, 1.54) is 10.1 Å². The number of aryl methyl sites for hydroxylation is 3. The normalized spacial score (nSPS) is 12.3. The van der Waals surface area contributed by atoms with Gasteiger partial charge in [-0.2, -0.15) is 5.10 Å². The molecule has 0 saturated carbocycles. The third kappa shape index (κ3) is 4.14. The molecule has 160 valence electrons. The van der Waals surface area contributed by atoms with Crippen molar-refractivity contribution >= 4 is 11.4 Å². The number of nitrogens with zero attached hydrogens (tertiary/aromatic N) is 4. The highest BCUT2D eigenvalue weighted by atomic mass is 16.1. The van der Waals surface area contributed by atoms with Gasteiger partial charge in [0.1, 0.15) is 5.52 Å². The molecule has 2 N–H and O–H groups in total. The number of aromatic nitrogens is 5. The van der Waals surface area contributed by atoms with Crippen LogP contribution < -0.4 is 10.9 Å². The van der Waals surface area contributed by atoms with Crippen molar-refractivity contribution in [3.63, 3.8) is 0 Å². The number of amides is 1. The highest BCUT2D eigenvalue weighted by molar-refractivity contribution is 5.95. The van der Waals surface area contributed by atoms with Crippen LogP contribution in [0.2, 0.25) is 0 Å². The minimum Gasteiger partial charge on any atom is -0.350 e. The van der Waals surface area contributed by atoms with Gasteiger partial charge in [0.05, 0.1) is 17.3 Å². The Bertz CT molecular complexity index is 1310. The van der Waals surface area contributed by atoms with Crippen molar-refractivity contribution in [1.29, 1.82) is 0 Å². The quantitative estimate of drug-likeness (QED) is 0.502. The number of hydrogen-bond donors (Lipinski definition) is 2. The minimum absolute atomic E-state index is 0.0626. The smallest absolute Gasteiger partial charge is 0.275 e. The summed E-state index contributed by atoms with van der Waals surface area (Å²) in [6.45, 7) is 8.48. The van der Waals surface area contributed by atoms with Gasteiger partial charge in [0, 0.05) is 24.5 Å². The van der Waals surface area contributed by atoms with E-state index in [9.17, 15) is 9.59 Å². The summed E-state index contributed by atoms with van der Waals surface area (Å²) in [5.74, 6) is 0.211. The predicted molar refractivity (Wildman–Crippen MR) is 119 cm³/mol. The summed E-state index contributed by atoms with van der Waals surface area (Å²) in [5, 5.41) is 11.9. The number of rotatable bonds is 6. The molecule has 4 rings (SSSR count). The van der Waals surface area contributed by atoms with Gasteiger partial charge < -0.3 is 10.3 Å². The lowest BCUT2D eigenvalue weighted by Crippen LogP contribution is -2.30. The van der Waals surface area contributed by atoms with Crippen LogP contribution in [-0.4, -0.2) is 36.8 Å². The van der Waals surface area contributed by atoms with Gasteiger partial charge in [0.15, 0.2) is 5.82 Å². The Hall–Kier alpha value is -3.68. The molecule has 1 amide bonds. The third-order valence-electron chi connectivity index (χ3n) is 5.60. The van der Waals surface area contributed by atoms with Crippen molar-refractivity contribution in [2.24, 2.45) is 0 Å². The fourth-order valence-corrected chi connectivity index (χ4v) is 3.53. The maximum Gasteiger partial charge on any atom is 0.275 e. The molecule has 4 aromatic rings. The molecule has 0 aliphatic rings. The van der Waals surface area contributed by atoms with Crippen molar-refractivity contribution in [2.45, 2.75) is 40.2 Å². The third-order valence-corrected chi connectivity index (χ3v) is 5.60. The van der Waals surface area contributed by atoms with Crippen LogP contribution in [0.1, 0.15) is 46.6 Å². The summed E-state index contributed by atoms with van der Waals surface area (Å²) < 4.78 is 3.33. The second-order valence-corrected chi connectivity index (χ2v) is 7.87. The second-order valence-electron chi connectivity index (χ2n) is 7.87. The Labute approximate surface area is 179 Å². The molecule has 0 saturated heterocycles. The Morgan fingerprint density at radius 2 is 1.94 bits per heavy atom. The zero-order chi connectivity index (χ0) is 22.1. The second kappa shape index (κ2) is 8.22. The van der Waals surface area contributed by atoms with Crippen LogP contribution in [0.4, 0.5) is 0 Å². The van der Waals surface area contributed by atoms with Crippen LogP contribution in [0, 0.1) is 20.8 Å². The van der Waals surface area contributed by atoms with E-state index in [1.54, 1.807) is 12.3 Å². The Morgan fingerprint density at radius 1 is 1.13 bits per heavy atom. The highest BCUT2D eigenvalue weighted by Gasteiger charge is 2.16. The topological polar surface area (TPSA) is 97.1 Å². The van der Waals surface area contributed by atoms with Gasteiger partial charge in [0.2, 0.25) is 0 Å². The van der Waals surface area contributed by atoms with Gasteiger partial charge in [-0.3, -0.25) is 14.3 Å². The van der Waals surface area contributed by atoms with Gasteiger partial charge >= 0.3 is 0 Å². The first-order valence-electron chi connectivity index (χ1n) is 10.4. The monoisotopic (exact) mass is 418 g/mol. The van der Waals surface area contributed by atoms with Gasteiger partial charge in [-0.1, -0.05) is 19.1 Å². The molecule has 1 unspecified atom stereocenters. The van der Waals surface area contributed by atoms with Crippen molar-refractivity contribution in [3.05, 3.63) is 75.5 Å². The average Bonchev–Trinajstić information content (AvgIpc) is 3.37. The minimum atomic E-state index is -0.291. The SMILES string of the molecule is CCC(CNC(=O)c1cc2c(=O)[nH]c(-c3ccc(C)c(C)c3)nn2c1)n1ccc(C)n1. The molecule has 1 aromatic carbocycles. The zero-order valence-corrected chi connectivity index (χ0v) is 18.1. The number of nitrogens with one attached hydrogen (secondary N) is 2. The first-order chi connectivity index (χ1) is 14.9. The molecule has 3 aromatic heterocycles. The molecule has 0 fully saturated rings. The molecule has 0 bridgehead atoms. The lowest BCUT2D eigenvalue weighted by molar-refractivity contribution is 0.0946. The van der Waals surface area contributed by atoms with Gasteiger partial charge in [-0.15, -0.1) is 5.10 Å². The van der Waals surface area contributed by atoms with E-state index in [0.717, 1.165) is 23.2 Å². The summed E-state index contributed by atoms with van der Waals surface area (Å²) in [6, 6.07) is 9.46. The first-order valence-corrected chi connectivity index (χ1v) is 10.4. The van der Waals surface area contributed by atoms with E-state index in [1.807, 2.05) is 55.9 Å². The van der Waals surface area contributed by atoms with Gasteiger partial charge in [-0.25, -0.2) is 4.52 Å². The number of aromatic amines is 1. The number of hydrogen-bond acceptors (Lipinski definition) is 4. The molecule has 1 atom stereocenters. The standard InChI is InChI=1S/C23H26N6O2/c1-5-19(28-9-8-16(4)26-28)12-24-22(30)18-11-20-23(31)25-21(27-29(20)13-18)17-7-6-14(2)15(3)10-17/h6-11,13,19H,5,12H2,1-4H3,(H,24,30)(H,25,27,31).